The number of anilines is 1. The van der Waals surface area contributed by atoms with Gasteiger partial charge in [-0.05, 0) is 143 Å². The van der Waals surface area contributed by atoms with Crippen molar-refractivity contribution in [3.8, 4) is 34.1 Å². The minimum Gasteiger partial charge on any atom is -0.457 e. The van der Waals surface area contributed by atoms with Crippen molar-refractivity contribution in [2.45, 2.75) is 30.9 Å². The van der Waals surface area contributed by atoms with Gasteiger partial charge in [0.1, 0.15) is 28.4 Å². The van der Waals surface area contributed by atoms with Gasteiger partial charge >= 0.3 is 6.18 Å². The second-order valence-corrected chi connectivity index (χ2v) is 17.7. The molecule has 1 aliphatic carbocycles. The Morgan fingerprint density at radius 3 is 1.32 bits per heavy atom. The highest BCUT2D eigenvalue weighted by atomic mass is 19.4. The van der Waals surface area contributed by atoms with Gasteiger partial charge in [-0.15, -0.1) is 0 Å². The van der Waals surface area contributed by atoms with Crippen molar-refractivity contribution in [2.75, 3.05) is 11.9 Å². The van der Waals surface area contributed by atoms with Gasteiger partial charge in [0.25, 0.3) is 23.6 Å². The van der Waals surface area contributed by atoms with Gasteiger partial charge in [-0.2, -0.15) is 13.2 Å². The molecule has 0 fully saturated rings. The van der Waals surface area contributed by atoms with Gasteiger partial charge in [0.15, 0.2) is 0 Å². The molecule has 338 valence electrons. The van der Waals surface area contributed by atoms with Gasteiger partial charge in [0.2, 0.25) is 0 Å². The highest BCUT2D eigenvalue weighted by Gasteiger charge is 2.54. The molecule has 2 heterocycles. The summed E-state index contributed by atoms with van der Waals surface area (Å²) in [5, 5.41) is 0. The van der Waals surface area contributed by atoms with E-state index >= 15 is 0 Å². The van der Waals surface area contributed by atoms with Gasteiger partial charge < -0.3 is 9.47 Å². The number of alkyl halides is 3. The first-order valence-electron chi connectivity index (χ1n) is 22.2. The number of nitrogens with zero attached hydrogens (tertiary/aromatic N) is 2. The van der Waals surface area contributed by atoms with Crippen LogP contribution >= 0.6 is 0 Å². The summed E-state index contributed by atoms with van der Waals surface area (Å²) in [6.07, 6.45) is -4.64. The first kappa shape index (κ1) is 43.0. The normalized spacial score (nSPS) is 15.4. The Morgan fingerprint density at radius 2 is 0.841 bits per heavy atom. The van der Waals surface area contributed by atoms with E-state index < -0.39 is 34.7 Å². The molecule has 0 bridgehead atoms. The molecule has 0 spiro atoms. The number of carbonyl (C=O) groups excluding carboxylic acids is 4. The molecule has 2 aliphatic heterocycles. The minimum atomic E-state index is -4.64. The van der Waals surface area contributed by atoms with Gasteiger partial charge in [-0.25, -0.2) is 4.90 Å². The zero-order valence-electron chi connectivity index (χ0n) is 37.3. The first-order chi connectivity index (χ1) is 33.2. The molecule has 69 heavy (non-hydrogen) atoms. The number of ether oxygens (including phenoxy) is 2. The zero-order chi connectivity index (χ0) is 48.0. The lowest BCUT2D eigenvalue weighted by Crippen LogP contribution is -2.40. The Labute approximate surface area is 394 Å². The molecular weight excluding hydrogens is 878 g/mol. The molecule has 1 unspecified atom stereocenters. The van der Waals surface area contributed by atoms with E-state index in [1.165, 1.54) is 55.6 Å². The van der Waals surface area contributed by atoms with E-state index in [9.17, 15) is 32.3 Å². The number of amides is 4. The summed E-state index contributed by atoms with van der Waals surface area (Å²) in [6, 6.07) is 51.7. The molecule has 11 heteroatoms. The van der Waals surface area contributed by atoms with Crippen LogP contribution in [0.25, 0.3) is 11.1 Å². The van der Waals surface area contributed by atoms with E-state index in [2.05, 4.69) is 0 Å². The molecular formula is C58H39F3N2O6. The third kappa shape index (κ3) is 6.59. The van der Waals surface area contributed by atoms with E-state index in [0.29, 0.717) is 34.1 Å². The summed E-state index contributed by atoms with van der Waals surface area (Å²) in [6.45, 7) is 3.09. The number of rotatable bonds is 9. The average molecular weight is 917 g/mol. The largest absolute Gasteiger partial charge is 0.457 e. The van der Waals surface area contributed by atoms with E-state index in [1.807, 2.05) is 79.7 Å². The summed E-state index contributed by atoms with van der Waals surface area (Å²) >= 11 is 0. The lowest BCUT2D eigenvalue weighted by atomic mass is 9.67. The highest BCUT2D eigenvalue weighted by molar-refractivity contribution is 6.34. The number of hydrogen-bond donors (Lipinski definition) is 0. The third-order valence-electron chi connectivity index (χ3n) is 13.8. The number of aryl methyl sites for hydroxylation is 1. The molecule has 3 aliphatic rings. The second-order valence-electron chi connectivity index (χ2n) is 17.7. The van der Waals surface area contributed by atoms with Gasteiger partial charge in [-0.3, -0.25) is 24.1 Å². The predicted molar refractivity (Wildman–Crippen MR) is 254 cm³/mol. The Hall–Kier alpha value is -8.57. The van der Waals surface area contributed by atoms with Crippen LogP contribution in [-0.4, -0.2) is 41.8 Å². The molecule has 8 nitrogen and oxygen atoms in total. The number of imide groups is 2. The van der Waals surface area contributed by atoms with Crippen LogP contribution in [0.1, 0.15) is 87.3 Å². The number of fused-ring (bicyclic) bond motifs is 5. The molecule has 11 rings (SSSR count). The minimum absolute atomic E-state index is 0.0117. The standard InChI is InChI=1S/C58H39F3N2O6/c1-34-12-22-40(23-13-34)68-41-24-14-35(15-25-41)56(2,58(59,60)61)36-16-26-42(27-17-36)69-43-28-20-39(21-29-43)63-54(66)47-31-19-38(33-49(47)55(63)67)57(37-18-30-46-48(32-37)53(65)62(3)52(46)64)50-10-6-4-8-44(50)45-9-5-7-11-51(45)57/h4-33H,1-3H3. The highest BCUT2D eigenvalue weighted by Crippen LogP contribution is 2.57. The smallest absolute Gasteiger partial charge is 0.402 e. The van der Waals surface area contributed by atoms with Crippen LogP contribution in [0.15, 0.2) is 182 Å². The molecule has 0 N–H and O–H groups in total. The molecule has 0 saturated heterocycles. The van der Waals surface area contributed by atoms with Crippen LogP contribution in [-0.2, 0) is 10.8 Å². The van der Waals surface area contributed by atoms with Gasteiger partial charge in [-0.1, -0.05) is 103 Å². The summed E-state index contributed by atoms with van der Waals surface area (Å²) in [5.74, 6) is -0.244. The SMILES string of the molecule is Cc1ccc(Oc2ccc(C(C)(c3ccc(Oc4ccc(N5C(=O)c6ccc(C7(c8ccc9c(c8)C(=O)N(C)C9=O)c8ccccc8-c8ccccc87)cc6C5=O)cc4)cc3)C(F)(F)F)cc2)cc1. The Bertz CT molecular complexity index is 3390. The Balaban J connectivity index is 0.866. The lowest BCUT2D eigenvalue weighted by Gasteiger charge is -2.34. The van der Waals surface area contributed by atoms with Crippen LogP contribution in [0.5, 0.6) is 23.0 Å². The average Bonchev–Trinajstić information content (AvgIpc) is 3.89. The zero-order valence-corrected chi connectivity index (χ0v) is 37.3. The topological polar surface area (TPSA) is 93.2 Å². The van der Waals surface area contributed by atoms with E-state index in [0.717, 1.165) is 50.1 Å². The van der Waals surface area contributed by atoms with E-state index in [-0.39, 0.29) is 39.5 Å². The van der Waals surface area contributed by atoms with Gasteiger partial charge in [0, 0.05) is 7.05 Å². The van der Waals surface area contributed by atoms with Crippen molar-refractivity contribution < 1.29 is 41.8 Å². The molecule has 0 radical (unpaired) electrons. The maximum absolute atomic E-state index is 14.9. The number of carbonyl (C=O) groups is 4. The monoisotopic (exact) mass is 916 g/mol. The summed E-state index contributed by atoms with van der Waals surface area (Å²) < 4.78 is 56.7. The van der Waals surface area contributed by atoms with Crippen molar-refractivity contribution >= 4 is 29.3 Å². The van der Waals surface area contributed by atoms with Crippen LogP contribution in [0.2, 0.25) is 0 Å². The van der Waals surface area contributed by atoms with Gasteiger partial charge in [0.05, 0.1) is 33.4 Å². The number of benzene rings is 8. The van der Waals surface area contributed by atoms with Crippen LogP contribution in [0, 0.1) is 6.92 Å². The number of halogens is 3. The lowest BCUT2D eigenvalue weighted by molar-refractivity contribution is -0.173. The van der Waals surface area contributed by atoms with Crippen LogP contribution in [0.3, 0.4) is 0 Å². The fraction of sp³-hybridized carbons (Fsp3) is 0.103. The van der Waals surface area contributed by atoms with Crippen LogP contribution in [0.4, 0.5) is 18.9 Å². The summed E-state index contributed by atoms with van der Waals surface area (Å²) in [4.78, 5) is 57.1. The molecule has 8 aromatic rings. The van der Waals surface area contributed by atoms with Crippen molar-refractivity contribution in [2.24, 2.45) is 0 Å². The first-order valence-corrected chi connectivity index (χ1v) is 22.2. The van der Waals surface area contributed by atoms with E-state index in [1.54, 1.807) is 60.7 Å². The fourth-order valence-corrected chi connectivity index (χ4v) is 10.1. The third-order valence-corrected chi connectivity index (χ3v) is 13.8. The van der Waals surface area contributed by atoms with Crippen molar-refractivity contribution in [1.29, 1.82) is 0 Å². The molecule has 8 aromatic carbocycles. The molecule has 0 saturated carbocycles. The second kappa shape index (κ2) is 15.8. The van der Waals surface area contributed by atoms with Crippen molar-refractivity contribution in [3.63, 3.8) is 0 Å². The van der Waals surface area contributed by atoms with Crippen molar-refractivity contribution in [3.05, 3.63) is 243 Å². The Kier molecular flexibility index (Phi) is 9.83. The predicted octanol–water partition coefficient (Wildman–Crippen LogP) is 12.8. The quantitative estimate of drug-likeness (QED) is 0.134. The maximum Gasteiger partial charge on any atom is 0.402 e. The number of hydrogen-bond acceptors (Lipinski definition) is 6. The fourth-order valence-electron chi connectivity index (χ4n) is 10.1. The summed E-state index contributed by atoms with van der Waals surface area (Å²) in [5.41, 5.74) is 4.22. The molecule has 4 amide bonds. The molecule has 0 aromatic heterocycles. The summed E-state index contributed by atoms with van der Waals surface area (Å²) in [7, 11) is 1.46. The van der Waals surface area contributed by atoms with Crippen molar-refractivity contribution in [1.82, 2.24) is 4.90 Å². The maximum atomic E-state index is 14.9. The van der Waals surface area contributed by atoms with E-state index in [4.69, 9.17) is 9.47 Å². The Morgan fingerprint density at radius 1 is 0.449 bits per heavy atom. The molecule has 1 atom stereocenters. The van der Waals surface area contributed by atoms with Crippen LogP contribution < -0.4 is 14.4 Å².